The number of para-hydroxylation sites is 1. The fraction of sp³-hybridized carbons (Fsp3) is 0.250. The van der Waals surface area contributed by atoms with Gasteiger partial charge in [-0.1, -0.05) is 26.0 Å². The molecule has 3 rings (SSSR count). The van der Waals surface area contributed by atoms with Gasteiger partial charge in [0.05, 0.1) is 26.5 Å². The highest BCUT2D eigenvalue weighted by Crippen LogP contribution is 2.42. The molecule has 3 aromatic rings. The van der Waals surface area contributed by atoms with Crippen LogP contribution in [0, 0.1) is 5.82 Å². The topological polar surface area (TPSA) is 48.7 Å². The third-order valence-electron chi connectivity index (χ3n) is 4.03. The number of hydrogen-bond acceptors (Lipinski definition) is 4. The molecule has 0 amide bonds. The van der Waals surface area contributed by atoms with Crippen LogP contribution in [0.1, 0.15) is 26.7 Å². The van der Waals surface area contributed by atoms with E-state index in [1.165, 1.54) is 32.4 Å². The van der Waals surface area contributed by atoms with Gasteiger partial charge < -0.3 is 13.9 Å². The first-order valence-corrected chi connectivity index (χ1v) is 7.87. The molecule has 130 valence electrons. The second kappa shape index (κ2) is 6.59. The van der Waals surface area contributed by atoms with E-state index in [2.05, 4.69) is 0 Å². The minimum atomic E-state index is -0.624. The lowest BCUT2D eigenvalue weighted by Crippen LogP contribution is -2.05. The summed E-state index contributed by atoms with van der Waals surface area (Å²) in [5, 5.41) is 0.161. The van der Waals surface area contributed by atoms with Crippen molar-refractivity contribution in [3.8, 4) is 22.8 Å². The fourth-order valence-corrected chi connectivity index (χ4v) is 2.89. The van der Waals surface area contributed by atoms with Crippen molar-refractivity contribution in [2.45, 2.75) is 19.8 Å². The SMILES string of the molecule is [2H]c1cccc2oc(-c3cc(OC)c(C(C)C)c(OC)c3F)cc(=O)c12. The molecule has 5 heteroatoms. The fourth-order valence-electron chi connectivity index (χ4n) is 2.89. The first kappa shape index (κ1) is 15.7. The van der Waals surface area contributed by atoms with Gasteiger partial charge in [-0.2, -0.15) is 0 Å². The van der Waals surface area contributed by atoms with E-state index in [-0.39, 0.29) is 40.0 Å². The van der Waals surface area contributed by atoms with E-state index >= 15 is 4.39 Å². The Morgan fingerprint density at radius 3 is 2.60 bits per heavy atom. The van der Waals surface area contributed by atoms with Crippen molar-refractivity contribution < 1.29 is 19.7 Å². The predicted molar refractivity (Wildman–Crippen MR) is 95.1 cm³/mol. The van der Waals surface area contributed by atoms with Crippen LogP contribution in [0.25, 0.3) is 22.3 Å². The number of hydrogen-bond donors (Lipinski definition) is 0. The van der Waals surface area contributed by atoms with Crippen molar-refractivity contribution >= 4 is 11.0 Å². The Bertz CT molecular complexity index is 1040. The molecule has 0 unspecified atom stereocenters. The number of halogens is 1. The largest absolute Gasteiger partial charge is 0.496 e. The van der Waals surface area contributed by atoms with Gasteiger partial charge in [0.1, 0.15) is 17.1 Å². The smallest absolute Gasteiger partial charge is 0.193 e. The van der Waals surface area contributed by atoms with E-state index in [1.54, 1.807) is 12.1 Å². The van der Waals surface area contributed by atoms with Gasteiger partial charge in [-0.05, 0) is 24.1 Å². The van der Waals surface area contributed by atoms with Crippen LogP contribution >= 0.6 is 0 Å². The second-order valence-electron chi connectivity index (χ2n) is 5.93. The molecular weight excluding hydrogens is 323 g/mol. The molecule has 0 aliphatic heterocycles. The van der Waals surface area contributed by atoms with Crippen LogP contribution in [0.2, 0.25) is 0 Å². The molecule has 0 atom stereocenters. The van der Waals surface area contributed by atoms with Crippen LogP contribution in [-0.4, -0.2) is 14.2 Å². The summed E-state index contributed by atoms with van der Waals surface area (Å²) >= 11 is 0. The summed E-state index contributed by atoms with van der Waals surface area (Å²) < 4.78 is 39.4. The molecular formula is C20H19FO4. The summed E-state index contributed by atoms with van der Waals surface area (Å²) in [5.41, 5.74) is 0.493. The Labute approximate surface area is 146 Å². The molecule has 0 aliphatic rings. The molecule has 25 heavy (non-hydrogen) atoms. The van der Waals surface area contributed by atoms with Crippen LogP contribution in [0.5, 0.6) is 11.5 Å². The zero-order valence-corrected chi connectivity index (χ0v) is 14.5. The van der Waals surface area contributed by atoms with Crippen molar-refractivity contribution in [1.29, 1.82) is 0 Å². The maximum Gasteiger partial charge on any atom is 0.193 e. The Morgan fingerprint density at radius 1 is 1.20 bits per heavy atom. The molecule has 0 fully saturated rings. The van der Waals surface area contributed by atoms with Gasteiger partial charge in [0.25, 0.3) is 0 Å². The van der Waals surface area contributed by atoms with Crippen molar-refractivity contribution in [3.05, 3.63) is 58.0 Å². The first-order valence-electron chi connectivity index (χ1n) is 8.37. The average molecular weight is 343 g/mol. The van der Waals surface area contributed by atoms with Gasteiger partial charge in [-0.3, -0.25) is 4.79 Å². The molecule has 0 spiro atoms. The molecule has 0 N–H and O–H groups in total. The predicted octanol–water partition coefficient (Wildman–Crippen LogP) is 4.74. The molecule has 1 heterocycles. The zero-order chi connectivity index (χ0) is 19.0. The third-order valence-corrected chi connectivity index (χ3v) is 4.03. The third kappa shape index (κ3) is 2.86. The first-order chi connectivity index (χ1) is 12.4. The van der Waals surface area contributed by atoms with E-state index in [9.17, 15) is 4.79 Å². The second-order valence-corrected chi connectivity index (χ2v) is 5.93. The van der Waals surface area contributed by atoms with E-state index in [4.69, 9.17) is 15.3 Å². The summed E-state index contributed by atoms with van der Waals surface area (Å²) in [7, 11) is 2.88. The quantitative estimate of drug-likeness (QED) is 0.686. The summed E-state index contributed by atoms with van der Waals surface area (Å²) in [6.07, 6.45) is 0. The van der Waals surface area contributed by atoms with Crippen LogP contribution in [0.15, 0.2) is 45.6 Å². The maximum absolute atomic E-state index is 15.1. The van der Waals surface area contributed by atoms with Crippen LogP contribution in [-0.2, 0) is 0 Å². The van der Waals surface area contributed by atoms with Crippen LogP contribution in [0.4, 0.5) is 4.39 Å². The molecule has 0 radical (unpaired) electrons. The van der Waals surface area contributed by atoms with Gasteiger partial charge in [-0.15, -0.1) is 0 Å². The van der Waals surface area contributed by atoms with Gasteiger partial charge in [0.2, 0.25) is 0 Å². The summed E-state index contributed by atoms with van der Waals surface area (Å²) in [5.74, 6) is -0.0893. The maximum atomic E-state index is 15.1. The molecule has 0 saturated heterocycles. The summed E-state index contributed by atoms with van der Waals surface area (Å²) in [6, 6.07) is 7.44. The average Bonchev–Trinajstić information content (AvgIpc) is 2.60. The molecule has 0 saturated carbocycles. The van der Waals surface area contributed by atoms with E-state index in [0.29, 0.717) is 11.3 Å². The lowest BCUT2D eigenvalue weighted by molar-refractivity contribution is 0.362. The highest BCUT2D eigenvalue weighted by molar-refractivity contribution is 5.79. The van der Waals surface area contributed by atoms with E-state index in [1.807, 2.05) is 13.8 Å². The Balaban J connectivity index is 2.34. The monoisotopic (exact) mass is 343 g/mol. The molecule has 0 bridgehead atoms. The summed E-state index contributed by atoms with van der Waals surface area (Å²) in [6.45, 7) is 3.82. The molecule has 2 aromatic carbocycles. The Kier molecular flexibility index (Phi) is 4.14. The lowest BCUT2D eigenvalue weighted by Gasteiger charge is -2.18. The minimum absolute atomic E-state index is 0.0297. The molecule has 1 aromatic heterocycles. The minimum Gasteiger partial charge on any atom is -0.496 e. The molecule has 4 nitrogen and oxygen atoms in total. The highest BCUT2D eigenvalue weighted by atomic mass is 19.1. The molecule has 0 aliphatic carbocycles. The van der Waals surface area contributed by atoms with Crippen LogP contribution < -0.4 is 14.9 Å². The van der Waals surface area contributed by atoms with Crippen molar-refractivity contribution in [1.82, 2.24) is 0 Å². The number of fused-ring (bicyclic) bond motifs is 1. The standard InChI is InChI=1S/C20H19FO4/c1-11(2)18-17(23-3)9-13(19(21)20(18)24-4)16-10-14(22)12-7-5-6-8-15(12)25-16/h5-11H,1-4H3/i7D. The lowest BCUT2D eigenvalue weighted by atomic mass is 9.97. The van der Waals surface area contributed by atoms with Gasteiger partial charge >= 0.3 is 0 Å². The Morgan fingerprint density at radius 2 is 1.96 bits per heavy atom. The number of benzene rings is 2. The van der Waals surface area contributed by atoms with Crippen molar-refractivity contribution in [2.75, 3.05) is 14.2 Å². The van der Waals surface area contributed by atoms with Crippen molar-refractivity contribution in [2.24, 2.45) is 0 Å². The number of ether oxygens (including phenoxy) is 2. The highest BCUT2D eigenvalue weighted by Gasteiger charge is 2.24. The normalized spacial score (nSPS) is 11.7. The Hall–Kier alpha value is -2.82. The summed E-state index contributed by atoms with van der Waals surface area (Å²) in [4.78, 5) is 12.4. The van der Waals surface area contributed by atoms with Gasteiger partial charge in [0, 0.05) is 11.6 Å². The van der Waals surface area contributed by atoms with Crippen molar-refractivity contribution in [3.63, 3.8) is 0 Å². The van der Waals surface area contributed by atoms with E-state index in [0.717, 1.165) is 0 Å². The van der Waals surface area contributed by atoms with Gasteiger partial charge in [-0.25, -0.2) is 4.39 Å². The van der Waals surface area contributed by atoms with Crippen LogP contribution in [0.3, 0.4) is 0 Å². The van der Waals surface area contributed by atoms with Gasteiger partial charge in [0.15, 0.2) is 17.0 Å². The number of methoxy groups -OCH3 is 2. The number of rotatable bonds is 4. The zero-order valence-electron chi connectivity index (χ0n) is 15.5. The van der Waals surface area contributed by atoms with E-state index < -0.39 is 11.2 Å².